The van der Waals surface area contributed by atoms with E-state index in [0.29, 0.717) is 22.8 Å². The third-order valence-corrected chi connectivity index (χ3v) is 4.46. The Hall–Kier alpha value is -2.47. The third-order valence-electron chi connectivity index (χ3n) is 3.35. The van der Waals surface area contributed by atoms with Gasteiger partial charge in [0.25, 0.3) is 5.91 Å². The van der Waals surface area contributed by atoms with E-state index in [1.807, 2.05) is 30.3 Å². The number of ether oxygens (including phenoxy) is 1. The van der Waals surface area contributed by atoms with Crippen molar-refractivity contribution in [2.45, 2.75) is 11.8 Å². The summed E-state index contributed by atoms with van der Waals surface area (Å²) in [5.74, 6) is 0.178. The number of aliphatic carboxylic acids is 1. The summed E-state index contributed by atoms with van der Waals surface area (Å²) in [6.45, 7) is 0. The predicted molar refractivity (Wildman–Crippen MR) is 94.5 cm³/mol. The first-order chi connectivity index (χ1) is 11.6. The van der Waals surface area contributed by atoms with Crippen LogP contribution in [0.25, 0.3) is 0 Å². The highest BCUT2D eigenvalue weighted by Gasteiger charge is 2.20. The third kappa shape index (κ3) is 5.31. The van der Waals surface area contributed by atoms with Gasteiger partial charge in [0.2, 0.25) is 0 Å². The second-order valence-electron chi connectivity index (χ2n) is 5.09. The molecule has 0 heterocycles. The second kappa shape index (κ2) is 8.98. The van der Waals surface area contributed by atoms with Gasteiger partial charge in [0.05, 0.1) is 7.11 Å². The van der Waals surface area contributed by atoms with E-state index in [-0.39, 0.29) is 0 Å². The van der Waals surface area contributed by atoms with Gasteiger partial charge < -0.3 is 15.2 Å². The van der Waals surface area contributed by atoms with Crippen LogP contribution in [0.2, 0.25) is 0 Å². The zero-order chi connectivity index (χ0) is 17.4. The molecule has 0 saturated carbocycles. The molecule has 0 radical (unpaired) electrons. The molecule has 0 fully saturated rings. The van der Waals surface area contributed by atoms with Crippen molar-refractivity contribution < 1.29 is 19.4 Å². The lowest BCUT2D eigenvalue weighted by atomic mass is 10.2. The van der Waals surface area contributed by atoms with Crippen LogP contribution in [0.5, 0.6) is 5.75 Å². The largest absolute Gasteiger partial charge is 0.497 e. The zero-order valence-electron chi connectivity index (χ0n) is 13.3. The van der Waals surface area contributed by atoms with Crippen molar-refractivity contribution in [2.24, 2.45) is 0 Å². The number of hydrogen-bond donors (Lipinski definition) is 2. The van der Waals surface area contributed by atoms with E-state index < -0.39 is 17.9 Å². The highest BCUT2D eigenvalue weighted by atomic mass is 32.2. The van der Waals surface area contributed by atoms with Crippen molar-refractivity contribution in [3.05, 3.63) is 65.7 Å². The van der Waals surface area contributed by atoms with Crippen molar-refractivity contribution in [3.63, 3.8) is 0 Å². The normalized spacial score (nSPS) is 11.5. The maximum absolute atomic E-state index is 12.2. The van der Waals surface area contributed by atoms with Crippen molar-refractivity contribution >= 4 is 23.6 Å². The Morgan fingerprint density at radius 1 is 1.12 bits per heavy atom. The number of amides is 1. The molecule has 2 N–H and O–H groups in total. The first-order valence-corrected chi connectivity index (χ1v) is 8.55. The van der Waals surface area contributed by atoms with Gasteiger partial charge in [-0.25, -0.2) is 4.79 Å². The predicted octanol–water partition coefficient (Wildman–Crippen LogP) is 2.81. The summed E-state index contributed by atoms with van der Waals surface area (Å²) in [6.07, 6.45) is 0. The maximum atomic E-state index is 12.2. The number of methoxy groups -OCH3 is 1. The van der Waals surface area contributed by atoms with Gasteiger partial charge in [-0.2, -0.15) is 11.8 Å². The van der Waals surface area contributed by atoms with Gasteiger partial charge in [0.15, 0.2) is 0 Å². The van der Waals surface area contributed by atoms with Crippen molar-refractivity contribution in [2.75, 3.05) is 12.9 Å². The molecule has 0 aliphatic rings. The van der Waals surface area contributed by atoms with Gasteiger partial charge in [0.1, 0.15) is 11.8 Å². The molecule has 24 heavy (non-hydrogen) atoms. The molecule has 6 heteroatoms. The van der Waals surface area contributed by atoms with Crippen LogP contribution in [-0.4, -0.2) is 35.9 Å². The molecule has 0 aromatic heterocycles. The fourth-order valence-corrected chi connectivity index (χ4v) is 3.04. The molecule has 1 atom stereocenters. The second-order valence-corrected chi connectivity index (χ2v) is 6.12. The van der Waals surface area contributed by atoms with Crippen molar-refractivity contribution in [1.29, 1.82) is 0 Å². The molecule has 1 unspecified atom stereocenters. The van der Waals surface area contributed by atoms with Gasteiger partial charge >= 0.3 is 5.97 Å². The van der Waals surface area contributed by atoms with E-state index in [1.54, 1.807) is 31.4 Å². The van der Waals surface area contributed by atoms with E-state index in [0.717, 1.165) is 5.56 Å². The Kier molecular flexibility index (Phi) is 6.69. The molecule has 2 rings (SSSR count). The molecule has 0 spiro atoms. The Labute approximate surface area is 145 Å². The summed E-state index contributed by atoms with van der Waals surface area (Å²) in [6, 6.07) is 15.4. The van der Waals surface area contributed by atoms with E-state index in [2.05, 4.69) is 5.32 Å². The van der Waals surface area contributed by atoms with Crippen LogP contribution < -0.4 is 10.1 Å². The Morgan fingerprint density at radius 2 is 1.79 bits per heavy atom. The SMILES string of the molecule is COc1ccc(C(=O)NC(CSCc2ccccc2)C(=O)O)cc1. The smallest absolute Gasteiger partial charge is 0.327 e. The van der Waals surface area contributed by atoms with Gasteiger partial charge in [0, 0.05) is 17.1 Å². The molecule has 5 nitrogen and oxygen atoms in total. The van der Waals surface area contributed by atoms with Crippen LogP contribution in [0.3, 0.4) is 0 Å². The molecule has 126 valence electrons. The van der Waals surface area contributed by atoms with Crippen LogP contribution in [-0.2, 0) is 10.5 Å². The summed E-state index contributed by atoms with van der Waals surface area (Å²) < 4.78 is 5.03. The summed E-state index contributed by atoms with van der Waals surface area (Å²) in [5, 5.41) is 11.9. The lowest BCUT2D eigenvalue weighted by Crippen LogP contribution is -2.42. The van der Waals surface area contributed by atoms with Crippen LogP contribution in [0.1, 0.15) is 15.9 Å². The number of carboxylic acid groups (broad SMARTS) is 1. The molecule has 2 aromatic carbocycles. The summed E-state index contributed by atoms with van der Waals surface area (Å²) in [5.41, 5.74) is 1.52. The standard InChI is InChI=1S/C18H19NO4S/c1-23-15-9-7-14(8-10-15)17(20)19-16(18(21)22)12-24-11-13-5-3-2-4-6-13/h2-10,16H,11-12H2,1H3,(H,19,20)(H,21,22). The number of carbonyl (C=O) groups excluding carboxylic acids is 1. The summed E-state index contributed by atoms with van der Waals surface area (Å²) in [4.78, 5) is 23.5. The topological polar surface area (TPSA) is 75.6 Å². The van der Waals surface area contributed by atoms with Crippen LogP contribution in [0.4, 0.5) is 0 Å². The van der Waals surface area contributed by atoms with E-state index in [9.17, 15) is 14.7 Å². The zero-order valence-corrected chi connectivity index (χ0v) is 14.1. The van der Waals surface area contributed by atoms with Gasteiger partial charge in [-0.15, -0.1) is 0 Å². The van der Waals surface area contributed by atoms with Crippen LogP contribution in [0, 0.1) is 0 Å². The molecular weight excluding hydrogens is 326 g/mol. The minimum absolute atomic E-state index is 0.298. The fourth-order valence-electron chi connectivity index (χ4n) is 2.03. The van der Waals surface area contributed by atoms with E-state index in [1.165, 1.54) is 11.8 Å². The quantitative estimate of drug-likeness (QED) is 0.769. The lowest BCUT2D eigenvalue weighted by molar-refractivity contribution is -0.138. The minimum Gasteiger partial charge on any atom is -0.497 e. The van der Waals surface area contributed by atoms with Gasteiger partial charge in [-0.1, -0.05) is 30.3 Å². The molecule has 0 aliphatic carbocycles. The molecule has 0 bridgehead atoms. The van der Waals surface area contributed by atoms with Crippen LogP contribution >= 0.6 is 11.8 Å². The number of rotatable bonds is 8. The Morgan fingerprint density at radius 3 is 2.38 bits per heavy atom. The summed E-state index contributed by atoms with van der Waals surface area (Å²) in [7, 11) is 1.54. The number of carbonyl (C=O) groups is 2. The first kappa shape index (κ1) is 17.9. The number of carboxylic acids is 1. The van der Waals surface area contributed by atoms with E-state index >= 15 is 0 Å². The molecule has 0 aliphatic heterocycles. The monoisotopic (exact) mass is 345 g/mol. The Balaban J connectivity index is 1.90. The van der Waals surface area contributed by atoms with Crippen molar-refractivity contribution in [3.8, 4) is 5.75 Å². The average Bonchev–Trinajstić information content (AvgIpc) is 2.61. The van der Waals surface area contributed by atoms with E-state index in [4.69, 9.17) is 4.74 Å². The number of thioether (sulfide) groups is 1. The van der Waals surface area contributed by atoms with Gasteiger partial charge in [-0.3, -0.25) is 4.79 Å². The molecule has 1 amide bonds. The summed E-state index contributed by atoms with van der Waals surface area (Å²) >= 11 is 1.47. The number of hydrogen-bond acceptors (Lipinski definition) is 4. The number of nitrogens with one attached hydrogen (secondary N) is 1. The van der Waals surface area contributed by atoms with Crippen molar-refractivity contribution in [1.82, 2.24) is 5.32 Å². The number of benzene rings is 2. The average molecular weight is 345 g/mol. The highest BCUT2D eigenvalue weighted by Crippen LogP contribution is 2.14. The molecule has 0 saturated heterocycles. The Bertz CT molecular complexity index is 673. The van der Waals surface area contributed by atoms with Crippen LogP contribution in [0.15, 0.2) is 54.6 Å². The first-order valence-electron chi connectivity index (χ1n) is 7.39. The maximum Gasteiger partial charge on any atom is 0.327 e. The highest BCUT2D eigenvalue weighted by molar-refractivity contribution is 7.98. The fraction of sp³-hybridized carbons (Fsp3) is 0.222. The lowest BCUT2D eigenvalue weighted by Gasteiger charge is -2.14. The van der Waals surface area contributed by atoms with Gasteiger partial charge in [-0.05, 0) is 29.8 Å². The molecular formula is C18H19NO4S. The molecule has 2 aromatic rings. The minimum atomic E-state index is -1.04.